The summed E-state index contributed by atoms with van der Waals surface area (Å²) in [5.74, 6) is -0.657. The van der Waals surface area contributed by atoms with Crippen LogP contribution < -0.4 is 16.4 Å². The largest absolute Gasteiger partial charge is 0.355 e. The summed E-state index contributed by atoms with van der Waals surface area (Å²) in [4.78, 5) is 23.2. The number of amides is 2. The lowest BCUT2D eigenvalue weighted by Crippen LogP contribution is -2.45. The number of carbonyl (C=O) groups excluding carboxylic acids is 2. The molecule has 7 heteroatoms. The number of carbonyl (C=O) groups is 2. The molecule has 0 atom stereocenters. The minimum atomic E-state index is -0.993. The summed E-state index contributed by atoms with van der Waals surface area (Å²) in [6, 6.07) is 4.66. The van der Waals surface area contributed by atoms with Gasteiger partial charge < -0.3 is 16.4 Å². The second kappa shape index (κ2) is 6.75. The van der Waals surface area contributed by atoms with Gasteiger partial charge in [-0.3, -0.25) is 9.59 Å². The Bertz CT molecular complexity index is 484. The van der Waals surface area contributed by atoms with Crippen LogP contribution in [-0.4, -0.2) is 24.4 Å². The summed E-state index contributed by atoms with van der Waals surface area (Å²) < 4.78 is 0. The van der Waals surface area contributed by atoms with Crippen LogP contribution in [0.5, 0.6) is 0 Å². The molecule has 106 valence electrons. The molecule has 0 bridgehead atoms. The first-order valence-electron chi connectivity index (χ1n) is 5.37. The molecule has 0 unspecified atom stereocenters. The number of hydrogen-bond donors (Lipinski definition) is 3. The molecule has 2 amide bonds. The van der Waals surface area contributed by atoms with Crippen LogP contribution in [0.1, 0.15) is 24.2 Å². The molecule has 0 radical (unpaired) electrons. The minimum Gasteiger partial charge on any atom is -0.355 e. The Kier molecular flexibility index (Phi) is 6.29. The summed E-state index contributed by atoms with van der Waals surface area (Å²) >= 11 is 5.90. The maximum atomic E-state index is 11.7. The molecule has 0 fully saturated rings. The van der Waals surface area contributed by atoms with Gasteiger partial charge in [-0.1, -0.05) is 11.6 Å². The molecule has 0 saturated heterocycles. The van der Waals surface area contributed by atoms with Gasteiger partial charge in [0.05, 0.1) is 16.1 Å². The number of benzene rings is 1. The van der Waals surface area contributed by atoms with Gasteiger partial charge in [-0.05, 0) is 32.0 Å². The first kappa shape index (κ1) is 17.7. The van der Waals surface area contributed by atoms with Crippen molar-refractivity contribution in [3.05, 3.63) is 28.8 Å². The average Bonchev–Trinajstić information content (AvgIpc) is 2.29. The molecule has 19 heavy (non-hydrogen) atoms. The highest BCUT2D eigenvalue weighted by Gasteiger charge is 2.22. The second-order valence-electron chi connectivity index (χ2n) is 4.45. The van der Waals surface area contributed by atoms with Gasteiger partial charge in [0.2, 0.25) is 5.91 Å². The third kappa shape index (κ3) is 4.70. The van der Waals surface area contributed by atoms with Crippen molar-refractivity contribution in [1.82, 2.24) is 5.32 Å². The van der Waals surface area contributed by atoms with Gasteiger partial charge in [-0.15, -0.1) is 12.4 Å². The maximum absolute atomic E-state index is 11.7. The highest BCUT2D eigenvalue weighted by molar-refractivity contribution is 6.34. The number of nitrogens with one attached hydrogen (secondary N) is 2. The van der Waals surface area contributed by atoms with E-state index < -0.39 is 5.54 Å². The predicted molar refractivity (Wildman–Crippen MR) is 79.0 cm³/mol. The van der Waals surface area contributed by atoms with Gasteiger partial charge in [-0.25, -0.2) is 0 Å². The van der Waals surface area contributed by atoms with Crippen LogP contribution in [0, 0.1) is 0 Å². The Hall–Kier alpha value is -1.30. The van der Waals surface area contributed by atoms with E-state index in [1.165, 1.54) is 13.1 Å². The zero-order valence-corrected chi connectivity index (χ0v) is 12.5. The van der Waals surface area contributed by atoms with E-state index in [0.717, 1.165) is 0 Å². The quantitative estimate of drug-likeness (QED) is 0.796. The van der Waals surface area contributed by atoms with E-state index in [2.05, 4.69) is 10.6 Å². The number of halogens is 2. The van der Waals surface area contributed by atoms with Crippen molar-refractivity contribution in [3.8, 4) is 0 Å². The van der Waals surface area contributed by atoms with Crippen LogP contribution in [0.2, 0.25) is 5.02 Å². The molecular weight excluding hydrogens is 289 g/mol. The molecule has 0 spiro atoms. The summed E-state index contributed by atoms with van der Waals surface area (Å²) in [6.07, 6.45) is 0. The number of hydrogen-bond acceptors (Lipinski definition) is 3. The van der Waals surface area contributed by atoms with E-state index in [1.807, 2.05) is 0 Å². The zero-order chi connectivity index (χ0) is 13.9. The molecule has 1 aromatic rings. The lowest BCUT2D eigenvalue weighted by molar-refractivity contribution is -0.120. The molecule has 1 rings (SSSR count). The van der Waals surface area contributed by atoms with Crippen molar-refractivity contribution in [2.24, 2.45) is 5.73 Å². The smallest absolute Gasteiger partial charge is 0.252 e. The Morgan fingerprint density at radius 2 is 1.89 bits per heavy atom. The van der Waals surface area contributed by atoms with Gasteiger partial charge >= 0.3 is 0 Å². The van der Waals surface area contributed by atoms with Crippen molar-refractivity contribution in [2.75, 3.05) is 12.4 Å². The van der Waals surface area contributed by atoms with Crippen LogP contribution >= 0.6 is 24.0 Å². The Morgan fingerprint density at radius 3 is 2.37 bits per heavy atom. The first-order chi connectivity index (χ1) is 8.25. The van der Waals surface area contributed by atoms with Crippen LogP contribution in [0.15, 0.2) is 18.2 Å². The normalized spacial score (nSPS) is 10.4. The van der Waals surface area contributed by atoms with Crippen molar-refractivity contribution in [3.63, 3.8) is 0 Å². The molecule has 1 aromatic carbocycles. The third-order valence-corrected chi connectivity index (χ3v) is 2.61. The van der Waals surface area contributed by atoms with Gasteiger partial charge in [0.15, 0.2) is 0 Å². The number of rotatable bonds is 3. The van der Waals surface area contributed by atoms with E-state index in [1.54, 1.807) is 26.0 Å². The fourth-order valence-corrected chi connectivity index (χ4v) is 1.41. The fourth-order valence-electron chi connectivity index (χ4n) is 1.20. The molecule has 0 aliphatic carbocycles. The average molecular weight is 306 g/mol. The van der Waals surface area contributed by atoms with Crippen LogP contribution in [0.25, 0.3) is 0 Å². The fraction of sp³-hybridized carbons (Fsp3) is 0.333. The summed E-state index contributed by atoms with van der Waals surface area (Å²) in [6.45, 7) is 3.19. The summed E-state index contributed by atoms with van der Waals surface area (Å²) in [5.41, 5.74) is 5.44. The summed E-state index contributed by atoms with van der Waals surface area (Å²) in [7, 11) is 1.51. The van der Waals surface area contributed by atoms with Crippen LogP contribution in [-0.2, 0) is 4.79 Å². The third-order valence-electron chi connectivity index (χ3n) is 2.28. The van der Waals surface area contributed by atoms with E-state index in [9.17, 15) is 9.59 Å². The second-order valence-corrected chi connectivity index (χ2v) is 4.86. The lowest BCUT2D eigenvalue weighted by Gasteiger charge is -2.18. The molecule has 5 nitrogen and oxygen atoms in total. The highest BCUT2D eigenvalue weighted by Crippen LogP contribution is 2.21. The van der Waals surface area contributed by atoms with E-state index >= 15 is 0 Å². The molecule has 0 heterocycles. The van der Waals surface area contributed by atoms with Gasteiger partial charge in [0.1, 0.15) is 0 Å². The van der Waals surface area contributed by atoms with Crippen LogP contribution in [0.3, 0.4) is 0 Å². The molecular formula is C12H17Cl2N3O2. The Morgan fingerprint density at radius 1 is 1.32 bits per heavy atom. The Labute approximate surface area is 123 Å². The van der Waals surface area contributed by atoms with Gasteiger partial charge in [0, 0.05) is 12.7 Å². The van der Waals surface area contributed by atoms with Crippen LogP contribution in [0.4, 0.5) is 5.69 Å². The van der Waals surface area contributed by atoms with Gasteiger partial charge in [0.25, 0.3) is 5.91 Å². The highest BCUT2D eigenvalue weighted by atomic mass is 35.5. The summed E-state index contributed by atoms with van der Waals surface area (Å²) in [5, 5.41) is 5.42. The molecule has 4 N–H and O–H groups in total. The SMILES string of the molecule is CNC(=O)c1cc(NC(=O)C(C)(C)N)ccc1Cl.Cl. The maximum Gasteiger partial charge on any atom is 0.252 e. The first-order valence-corrected chi connectivity index (χ1v) is 5.75. The van der Waals surface area contributed by atoms with Crippen molar-refractivity contribution < 1.29 is 9.59 Å². The Balaban J connectivity index is 0.00000324. The number of nitrogens with two attached hydrogens (primary N) is 1. The lowest BCUT2D eigenvalue weighted by atomic mass is 10.1. The molecule has 0 aromatic heterocycles. The molecule has 0 aliphatic heterocycles. The zero-order valence-electron chi connectivity index (χ0n) is 10.9. The van der Waals surface area contributed by atoms with Crippen molar-refractivity contribution in [2.45, 2.75) is 19.4 Å². The van der Waals surface area contributed by atoms with Crippen molar-refractivity contribution >= 4 is 41.5 Å². The van der Waals surface area contributed by atoms with E-state index in [-0.39, 0.29) is 24.2 Å². The monoisotopic (exact) mass is 305 g/mol. The number of anilines is 1. The van der Waals surface area contributed by atoms with E-state index in [4.69, 9.17) is 17.3 Å². The van der Waals surface area contributed by atoms with Gasteiger partial charge in [-0.2, -0.15) is 0 Å². The predicted octanol–water partition coefficient (Wildman–Crippen LogP) is 1.80. The standard InChI is InChI=1S/C12H16ClN3O2.ClH/c1-12(2,14)11(18)16-7-4-5-9(13)8(6-7)10(17)15-3;/h4-6H,14H2,1-3H3,(H,15,17)(H,16,18);1H. The molecule has 0 aliphatic rings. The minimum absolute atomic E-state index is 0. The van der Waals surface area contributed by atoms with Crippen molar-refractivity contribution in [1.29, 1.82) is 0 Å². The van der Waals surface area contributed by atoms with E-state index in [0.29, 0.717) is 16.3 Å². The molecule has 0 saturated carbocycles. The topological polar surface area (TPSA) is 84.2 Å².